The van der Waals surface area contributed by atoms with E-state index < -0.39 is 22.2 Å². The summed E-state index contributed by atoms with van der Waals surface area (Å²) in [5.74, 6) is -0.694. The number of benzene rings is 1. The third kappa shape index (κ3) is 2.11. The zero-order valence-electron chi connectivity index (χ0n) is 15.1. The first-order valence-electron chi connectivity index (χ1n) is 8.73. The van der Waals surface area contributed by atoms with Crippen LogP contribution in [-0.2, 0) is 22.6 Å². The summed E-state index contributed by atoms with van der Waals surface area (Å²) in [6, 6.07) is 8.25. The number of rotatable bonds is 2. The molecule has 4 nitrogen and oxygen atoms in total. The molecule has 0 aromatic heterocycles. The van der Waals surface area contributed by atoms with Crippen LogP contribution in [0.15, 0.2) is 24.3 Å². The van der Waals surface area contributed by atoms with Crippen LogP contribution in [0.25, 0.3) is 0 Å². The first-order chi connectivity index (χ1) is 11.1. The standard InChI is InChI=1S/C20H27NO3/c1-18(2)19(3,10-11-20(18,4)17(23)24)16(22)21-12-9-14-7-5-6-8-15(14)13-21/h5-8H,9-13H2,1-4H3,(H,23,24). The Bertz CT molecular complexity index is 696. The van der Waals surface area contributed by atoms with Crippen molar-refractivity contribution in [1.82, 2.24) is 4.90 Å². The van der Waals surface area contributed by atoms with Crippen LogP contribution in [0.4, 0.5) is 0 Å². The molecule has 0 saturated heterocycles. The molecule has 0 spiro atoms. The summed E-state index contributed by atoms with van der Waals surface area (Å²) in [6.45, 7) is 8.99. The van der Waals surface area contributed by atoms with Gasteiger partial charge in [-0.25, -0.2) is 0 Å². The molecule has 0 bridgehead atoms. The summed E-state index contributed by atoms with van der Waals surface area (Å²) in [4.78, 5) is 27.2. The number of nitrogens with zero attached hydrogens (tertiary/aromatic N) is 1. The number of carboxylic acids is 1. The van der Waals surface area contributed by atoms with Crippen LogP contribution < -0.4 is 0 Å². The lowest BCUT2D eigenvalue weighted by Gasteiger charge is -2.46. The number of carbonyl (C=O) groups excluding carboxylic acids is 1. The molecule has 1 aliphatic carbocycles. The fourth-order valence-corrected chi connectivity index (χ4v) is 4.50. The lowest BCUT2D eigenvalue weighted by Crippen LogP contribution is -2.53. The summed E-state index contributed by atoms with van der Waals surface area (Å²) < 4.78 is 0. The number of fused-ring (bicyclic) bond motifs is 1. The Labute approximate surface area is 143 Å². The molecule has 1 saturated carbocycles. The van der Waals surface area contributed by atoms with Crippen LogP contribution in [0.2, 0.25) is 0 Å². The Morgan fingerprint density at radius 2 is 1.58 bits per heavy atom. The fraction of sp³-hybridized carbons (Fsp3) is 0.600. The zero-order chi connectivity index (χ0) is 17.8. The molecule has 1 aromatic rings. The van der Waals surface area contributed by atoms with Gasteiger partial charge >= 0.3 is 5.97 Å². The largest absolute Gasteiger partial charge is 0.481 e. The minimum Gasteiger partial charge on any atom is -0.481 e. The number of hydrogen-bond acceptors (Lipinski definition) is 2. The first-order valence-corrected chi connectivity index (χ1v) is 8.73. The van der Waals surface area contributed by atoms with E-state index in [-0.39, 0.29) is 5.91 Å². The second-order valence-corrected chi connectivity index (χ2v) is 8.34. The summed E-state index contributed by atoms with van der Waals surface area (Å²) in [5, 5.41) is 9.74. The van der Waals surface area contributed by atoms with E-state index in [9.17, 15) is 14.7 Å². The van der Waals surface area contributed by atoms with E-state index >= 15 is 0 Å². The van der Waals surface area contributed by atoms with E-state index in [1.165, 1.54) is 11.1 Å². The van der Waals surface area contributed by atoms with Crippen molar-refractivity contribution in [3.05, 3.63) is 35.4 Å². The summed E-state index contributed by atoms with van der Waals surface area (Å²) in [7, 11) is 0. The van der Waals surface area contributed by atoms with E-state index in [2.05, 4.69) is 12.1 Å². The van der Waals surface area contributed by atoms with E-state index in [0.717, 1.165) is 6.42 Å². The van der Waals surface area contributed by atoms with Crippen LogP contribution in [0, 0.1) is 16.2 Å². The van der Waals surface area contributed by atoms with Crippen LogP contribution in [0.1, 0.15) is 51.7 Å². The second-order valence-electron chi connectivity index (χ2n) is 8.34. The van der Waals surface area contributed by atoms with Crippen molar-refractivity contribution >= 4 is 11.9 Å². The molecule has 1 amide bonds. The van der Waals surface area contributed by atoms with Gasteiger partial charge in [0.05, 0.1) is 10.8 Å². The number of hydrogen-bond donors (Lipinski definition) is 1. The minimum absolute atomic E-state index is 0.104. The highest BCUT2D eigenvalue weighted by molar-refractivity contribution is 5.87. The van der Waals surface area contributed by atoms with Crippen LogP contribution >= 0.6 is 0 Å². The predicted molar refractivity (Wildman–Crippen MR) is 92.4 cm³/mol. The fourth-order valence-electron chi connectivity index (χ4n) is 4.50. The molecule has 2 unspecified atom stereocenters. The van der Waals surface area contributed by atoms with Gasteiger partial charge in [-0.2, -0.15) is 0 Å². The Morgan fingerprint density at radius 3 is 2.17 bits per heavy atom. The molecule has 2 aliphatic rings. The average molecular weight is 329 g/mol. The molecule has 24 heavy (non-hydrogen) atoms. The minimum atomic E-state index is -0.870. The molecule has 1 heterocycles. The molecule has 1 aliphatic heterocycles. The first kappa shape index (κ1) is 17.0. The Kier molecular flexibility index (Phi) is 3.78. The maximum absolute atomic E-state index is 13.4. The Morgan fingerprint density at radius 1 is 1.00 bits per heavy atom. The molecule has 4 heteroatoms. The Balaban J connectivity index is 1.89. The van der Waals surface area contributed by atoms with Gasteiger partial charge in [-0.1, -0.05) is 45.0 Å². The van der Waals surface area contributed by atoms with Crippen molar-refractivity contribution in [3.63, 3.8) is 0 Å². The smallest absolute Gasteiger partial charge is 0.309 e. The van der Waals surface area contributed by atoms with Gasteiger partial charge in [-0.3, -0.25) is 9.59 Å². The van der Waals surface area contributed by atoms with Crippen molar-refractivity contribution in [2.45, 2.75) is 53.5 Å². The third-order valence-corrected chi connectivity index (χ3v) is 7.25. The van der Waals surface area contributed by atoms with Crippen LogP contribution in [0.5, 0.6) is 0 Å². The van der Waals surface area contributed by atoms with Crippen LogP contribution in [-0.4, -0.2) is 28.4 Å². The molecule has 3 rings (SSSR count). The molecule has 2 atom stereocenters. The lowest BCUT2D eigenvalue weighted by molar-refractivity contribution is -0.162. The highest BCUT2D eigenvalue weighted by atomic mass is 16.4. The van der Waals surface area contributed by atoms with Crippen molar-refractivity contribution in [1.29, 1.82) is 0 Å². The van der Waals surface area contributed by atoms with Gasteiger partial charge < -0.3 is 10.0 Å². The maximum Gasteiger partial charge on any atom is 0.309 e. The normalized spacial score (nSPS) is 31.6. The monoisotopic (exact) mass is 329 g/mol. The van der Waals surface area contributed by atoms with E-state index in [1.807, 2.05) is 37.8 Å². The highest BCUT2D eigenvalue weighted by Crippen LogP contribution is 2.63. The number of carboxylic acid groups (broad SMARTS) is 1. The van der Waals surface area contributed by atoms with E-state index in [1.54, 1.807) is 6.92 Å². The van der Waals surface area contributed by atoms with Gasteiger partial charge in [0, 0.05) is 13.1 Å². The molecular formula is C20H27NO3. The van der Waals surface area contributed by atoms with Crippen molar-refractivity contribution in [2.75, 3.05) is 6.54 Å². The van der Waals surface area contributed by atoms with Gasteiger partial charge in [0.25, 0.3) is 0 Å². The van der Waals surface area contributed by atoms with Gasteiger partial charge in [-0.15, -0.1) is 0 Å². The van der Waals surface area contributed by atoms with E-state index in [0.29, 0.717) is 25.9 Å². The van der Waals surface area contributed by atoms with E-state index in [4.69, 9.17) is 0 Å². The average Bonchev–Trinajstić information content (AvgIpc) is 2.75. The molecular weight excluding hydrogens is 302 g/mol. The van der Waals surface area contributed by atoms with Gasteiger partial charge in [0.15, 0.2) is 0 Å². The zero-order valence-corrected chi connectivity index (χ0v) is 15.1. The maximum atomic E-state index is 13.4. The second kappa shape index (κ2) is 5.33. The molecule has 1 N–H and O–H groups in total. The highest BCUT2D eigenvalue weighted by Gasteiger charge is 2.65. The van der Waals surface area contributed by atoms with Crippen molar-refractivity contribution in [3.8, 4) is 0 Å². The summed E-state index contributed by atoms with van der Waals surface area (Å²) in [6.07, 6.45) is 2.04. The molecule has 1 aromatic carbocycles. The van der Waals surface area contributed by atoms with Gasteiger partial charge in [0.1, 0.15) is 0 Å². The molecule has 130 valence electrons. The third-order valence-electron chi connectivity index (χ3n) is 7.25. The van der Waals surface area contributed by atoms with Crippen molar-refractivity contribution in [2.24, 2.45) is 16.2 Å². The number of amides is 1. The van der Waals surface area contributed by atoms with Crippen LogP contribution in [0.3, 0.4) is 0 Å². The summed E-state index contributed by atoms with van der Waals surface area (Å²) in [5.41, 5.74) is 0.405. The van der Waals surface area contributed by atoms with Gasteiger partial charge in [0.2, 0.25) is 5.91 Å². The number of aliphatic carboxylic acids is 1. The predicted octanol–water partition coefficient (Wildman–Crippen LogP) is 3.49. The molecule has 1 fully saturated rings. The van der Waals surface area contributed by atoms with Crippen molar-refractivity contribution < 1.29 is 14.7 Å². The Hall–Kier alpha value is -1.84. The lowest BCUT2D eigenvalue weighted by atomic mass is 9.59. The quantitative estimate of drug-likeness (QED) is 0.903. The molecule has 0 radical (unpaired) electrons. The van der Waals surface area contributed by atoms with Gasteiger partial charge in [-0.05, 0) is 42.7 Å². The summed E-state index contributed by atoms with van der Waals surface area (Å²) >= 11 is 0. The SMILES string of the molecule is CC1(C(=O)O)CCC(C)(C(=O)N2CCc3ccccc3C2)C1(C)C. The number of carbonyl (C=O) groups is 2. The topological polar surface area (TPSA) is 57.6 Å².